The Morgan fingerprint density at radius 3 is 2.55 bits per heavy atom. The van der Waals surface area contributed by atoms with Gasteiger partial charge < -0.3 is 10.1 Å². The minimum Gasteiger partial charge on any atom is -0.487 e. The van der Waals surface area contributed by atoms with Crippen molar-refractivity contribution in [1.29, 1.82) is 0 Å². The SMILES string of the molecule is CCCNC1CC(Oc2ccccc2F)C1(CC)CC. The fraction of sp³-hybridized carbons (Fsp3) is 0.647. The number of hydrogen-bond acceptors (Lipinski definition) is 2. The first-order valence-corrected chi connectivity index (χ1v) is 7.82. The first-order valence-electron chi connectivity index (χ1n) is 7.82. The number of nitrogens with one attached hydrogen (secondary N) is 1. The molecule has 2 nitrogen and oxygen atoms in total. The Morgan fingerprint density at radius 1 is 1.25 bits per heavy atom. The predicted octanol–water partition coefficient (Wildman–Crippen LogP) is 4.15. The van der Waals surface area contributed by atoms with Gasteiger partial charge in [0, 0.05) is 17.9 Å². The molecule has 1 aromatic carbocycles. The molecule has 0 radical (unpaired) electrons. The molecule has 1 saturated carbocycles. The Morgan fingerprint density at radius 2 is 1.95 bits per heavy atom. The van der Waals surface area contributed by atoms with Gasteiger partial charge in [-0.1, -0.05) is 32.9 Å². The summed E-state index contributed by atoms with van der Waals surface area (Å²) in [6.45, 7) is 7.64. The largest absolute Gasteiger partial charge is 0.487 e. The molecule has 2 unspecified atom stereocenters. The van der Waals surface area contributed by atoms with Gasteiger partial charge in [0.05, 0.1) is 0 Å². The highest BCUT2D eigenvalue weighted by molar-refractivity contribution is 5.25. The van der Waals surface area contributed by atoms with Crippen LogP contribution in [0, 0.1) is 11.2 Å². The summed E-state index contributed by atoms with van der Waals surface area (Å²) in [5.74, 6) is 0.122. The summed E-state index contributed by atoms with van der Waals surface area (Å²) < 4.78 is 19.7. The lowest BCUT2D eigenvalue weighted by molar-refractivity contribution is -0.0872. The summed E-state index contributed by atoms with van der Waals surface area (Å²) in [4.78, 5) is 0. The van der Waals surface area contributed by atoms with Gasteiger partial charge in [-0.3, -0.25) is 0 Å². The van der Waals surface area contributed by atoms with E-state index >= 15 is 0 Å². The van der Waals surface area contributed by atoms with Gasteiger partial charge in [0.1, 0.15) is 6.10 Å². The van der Waals surface area contributed by atoms with Gasteiger partial charge in [-0.25, -0.2) is 4.39 Å². The first kappa shape index (κ1) is 15.3. The Balaban J connectivity index is 2.07. The highest BCUT2D eigenvalue weighted by atomic mass is 19.1. The summed E-state index contributed by atoms with van der Waals surface area (Å²) in [5, 5.41) is 3.62. The van der Waals surface area contributed by atoms with Gasteiger partial charge in [0.15, 0.2) is 11.6 Å². The highest BCUT2D eigenvalue weighted by Gasteiger charge is 2.54. The zero-order valence-electron chi connectivity index (χ0n) is 12.8. The molecule has 1 aromatic rings. The van der Waals surface area contributed by atoms with Crippen molar-refractivity contribution < 1.29 is 9.13 Å². The van der Waals surface area contributed by atoms with Crippen molar-refractivity contribution in [2.75, 3.05) is 6.54 Å². The molecular weight excluding hydrogens is 253 g/mol. The molecule has 2 rings (SSSR count). The number of hydrogen-bond donors (Lipinski definition) is 1. The molecular formula is C17H26FNO. The van der Waals surface area contributed by atoms with E-state index in [4.69, 9.17) is 4.74 Å². The number of rotatable bonds is 7. The monoisotopic (exact) mass is 279 g/mol. The van der Waals surface area contributed by atoms with Crippen LogP contribution in [0.4, 0.5) is 4.39 Å². The van der Waals surface area contributed by atoms with Gasteiger partial charge in [-0.05, 0) is 37.9 Å². The number of benzene rings is 1. The van der Waals surface area contributed by atoms with Gasteiger partial charge in [0.25, 0.3) is 0 Å². The van der Waals surface area contributed by atoms with Gasteiger partial charge >= 0.3 is 0 Å². The van der Waals surface area contributed by atoms with Crippen LogP contribution in [0.2, 0.25) is 0 Å². The lowest BCUT2D eigenvalue weighted by Gasteiger charge is -2.55. The van der Waals surface area contributed by atoms with E-state index in [0.717, 1.165) is 32.2 Å². The van der Waals surface area contributed by atoms with E-state index in [1.807, 2.05) is 6.07 Å². The van der Waals surface area contributed by atoms with E-state index in [2.05, 4.69) is 26.1 Å². The fourth-order valence-corrected chi connectivity index (χ4v) is 3.41. The van der Waals surface area contributed by atoms with Crippen molar-refractivity contribution in [2.24, 2.45) is 5.41 Å². The van der Waals surface area contributed by atoms with Crippen LogP contribution in [0.5, 0.6) is 5.75 Å². The third-order valence-corrected chi connectivity index (χ3v) is 4.85. The smallest absolute Gasteiger partial charge is 0.165 e. The average molecular weight is 279 g/mol. The molecule has 20 heavy (non-hydrogen) atoms. The van der Waals surface area contributed by atoms with Crippen molar-refractivity contribution in [3.63, 3.8) is 0 Å². The van der Waals surface area contributed by atoms with E-state index in [9.17, 15) is 4.39 Å². The highest BCUT2D eigenvalue weighted by Crippen LogP contribution is 2.49. The maximum Gasteiger partial charge on any atom is 0.165 e. The van der Waals surface area contributed by atoms with Crippen LogP contribution in [0.3, 0.4) is 0 Å². The van der Waals surface area contributed by atoms with E-state index in [1.165, 1.54) is 6.07 Å². The molecule has 112 valence electrons. The van der Waals surface area contributed by atoms with Crippen LogP contribution >= 0.6 is 0 Å². The second-order valence-electron chi connectivity index (χ2n) is 5.72. The number of halogens is 1. The minimum absolute atomic E-state index is 0.115. The molecule has 0 saturated heterocycles. The van der Waals surface area contributed by atoms with E-state index < -0.39 is 0 Å². The minimum atomic E-state index is -0.265. The third kappa shape index (κ3) is 2.69. The van der Waals surface area contributed by atoms with Crippen LogP contribution in [0.15, 0.2) is 24.3 Å². The first-order chi connectivity index (χ1) is 9.67. The van der Waals surface area contributed by atoms with Crippen molar-refractivity contribution in [3.8, 4) is 5.75 Å². The van der Waals surface area contributed by atoms with Gasteiger partial charge in [0.2, 0.25) is 0 Å². The van der Waals surface area contributed by atoms with Crippen molar-refractivity contribution in [3.05, 3.63) is 30.1 Å². The predicted molar refractivity (Wildman–Crippen MR) is 80.5 cm³/mol. The molecule has 0 spiro atoms. The van der Waals surface area contributed by atoms with Crippen molar-refractivity contribution in [2.45, 2.75) is 58.6 Å². The third-order valence-electron chi connectivity index (χ3n) is 4.85. The molecule has 1 aliphatic rings. The van der Waals surface area contributed by atoms with E-state index in [-0.39, 0.29) is 17.3 Å². The molecule has 2 atom stereocenters. The summed E-state index contributed by atoms with van der Waals surface area (Å²) >= 11 is 0. The van der Waals surface area contributed by atoms with Crippen LogP contribution < -0.4 is 10.1 Å². The maximum absolute atomic E-state index is 13.7. The van der Waals surface area contributed by atoms with Crippen LogP contribution in [-0.2, 0) is 0 Å². The molecule has 0 heterocycles. The maximum atomic E-state index is 13.7. The second kappa shape index (κ2) is 6.57. The molecule has 1 N–H and O–H groups in total. The zero-order valence-corrected chi connectivity index (χ0v) is 12.8. The van der Waals surface area contributed by atoms with Crippen molar-refractivity contribution >= 4 is 0 Å². The molecule has 0 bridgehead atoms. The molecule has 0 aliphatic heterocycles. The number of ether oxygens (including phenoxy) is 1. The topological polar surface area (TPSA) is 21.3 Å². The molecule has 0 amide bonds. The van der Waals surface area contributed by atoms with E-state index in [0.29, 0.717) is 11.8 Å². The summed E-state index contributed by atoms with van der Waals surface area (Å²) in [7, 11) is 0. The van der Waals surface area contributed by atoms with E-state index in [1.54, 1.807) is 12.1 Å². The summed E-state index contributed by atoms with van der Waals surface area (Å²) in [5.41, 5.74) is 0.136. The fourth-order valence-electron chi connectivity index (χ4n) is 3.41. The molecule has 0 aromatic heterocycles. The average Bonchev–Trinajstić information content (AvgIpc) is 2.45. The Hall–Kier alpha value is -1.09. The van der Waals surface area contributed by atoms with Crippen LogP contribution in [-0.4, -0.2) is 18.7 Å². The van der Waals surface area contributed by atoms with Crippen molar-refractivity contribution in [1.82, 2.24) is 5.32 Å². The lowest BCUT2D eigenvalue weighted by Crippen LogP contribution is -2.64. The Kier molecular flexibility index (Phi) is 5.03. The zero-order chi connectivity index (χ0) is 14.6. The quantitative estimate of drug-likeness (QED) is 0.809. The number of para-hydroxylation sites is 1. The summed E-state index contributed by atoms with van der Waals surface area (Å²) in [6.07, 6.45) is 4.34. The van der Waals surface area contributed by atoms with Gasteiger partial charge in [-0.15, -0.1) is 0 Å². The van der Waals surface area contributed by atoms with Gasteiger partial charge in [-0.2, -0.15) is 0 Å². The lowest BCUT2D eigenvalue weighted by atomic mass is 9.58. The Labute approximate surface area is 121 Å². The van der Waals surface area contributed by atoms with Crippen LogP contribution in [0.1, 0.15) is 46.5 Å². The molecule has 3 heteroatoms. The summed E-state index contributed by atoms with van der Waals surface area (Å²) in [6, 6.07) is 7.19. The molecule has 1 fully saturated rings. The molecule has 1 aliphatic carbocycles. The Bertz CT molecular complexity index is 431. The second-order valence-corrected chi connectivity index (χ2v) is 5.72. The normalized spacial score (nSPS) is 24.2. The van der Waals surface area contributed by atoms with Crippen LogP contribution in [0.25, 0.3) is 0 Å². The standard InChI is InChI=1S/C17H26FNO/c1-4-11-19-15-12-16(17(15,5-2)6-3)20-14-10-8-7-9-13(14)18/h7-10,15-16,19H,4-6,11-12H2,1-3H3.